The summed E-state index contributed by atoms with van der Waals surface area (Å²) < 4.78 is 27.3. The smallest absolute Gasteiger partial charge is 0.251 e. The van der Waals surface area contributed by atoms with Crippen LogP contribution in [-0.2, 0) is 15.9 Å². The van der Waals surface area contributed by atoms with Gasteiger partial charge in [0, 0.05) is 36.9 Å². The average Bonchev–Trinajstić information content (AvgIpc) is 3.74. The Morgan fingerprint density at radius 1 is 0.761 bits per heavy atom. The van der Waals surface area contributed by atoms with Crippen LogP contribution >= 0.6 is 0 Å². The van der Waals surface area contributed by atoms with Crippen molar-refractivity contribution in [2.45, 2.75) is 18.5 Å². The number of rotatable bonds is 15. The minimum atomic E-state index is -0.358. The first-order valence-corrected chi connectivity index (χ1v) is 15.1. The highest BCUT2D eigenvalue weighted by molar-refractivity contribution is 6.13. The standard InChI is InChI=1S/C35H39N3O8/c1-42-15-16-45-17-18-46-29-13-14-30(43-2)33(44-3)31(29)32(39)23-8-10-24(11-9-23)34(40)37-27-20-36-21-28(27)38-35(41)26-12-7-22-5-4-6-25(22)19-26/h4-5,7-14,19,27-28,36H,6,15-18,20-21H2,1-3H3,(H,37,40)(H,38,41)/t27-,28-/m1/s1. The molecule has 2 amide bonds. The topological polar surface area (TPSA) is 133 Å². The van der Waals surface area contributed by atoms with E-state index in [9.17, 15) is 14.4 Å². The molecular weight excluding hydrogens is 590 g/mol. The SMILES string of the molecule is COCCOCCOc1ccc(OC)c(OC)c1C(=O)c1ccc(C(=O)N[C@@H]2CNC[C@H]2NC(=O)c2ccc3c(c2)CC=C3)cc1. The molecule has 11 nitrogen and oxygen atoms in total. The van der Waals surface area contributed by atoms with Gasteiger partial charge in [0.25, 0.3) is 11.8 Å². The monoisotopic (exact) mass is 629 g/mol. The fourth-order valence-electron chi connectivity index (χ4n) is 5.50. The van der Waals surface area contributed by atoms with Gasteiger partial charge in [0.1, 0.15) is 17.9 Å². The van der Waals surface area contributed by atoms with Crippen molar-refractivity contribution in [1.82, 2.24) is 16.0 Å². The van der Waals surface area contributed by atoms with Gasteiger partial charge in [-0.1, -0.05) is 30.4 Å². The van der Waals surface area contributed by atoms with Gasteiger partial charge in [-0.15, -0.1) is 0 Å². The summed E-state index contributed by atoms with van der Waals surface area (Å²) in [6.07, 6.45) is 4.95. The number of nitrogens with one attached hydrogen (secondary N) is 3. The summed E-state index contributed by atoms with van der Waals surface area (Å²) in [4.78, 5) is 40.0. The predicted molar refractivity (Wildman–Crippen MR) is 172 cm³/mol. The Bertz CT molecular complexity index is 1590. The van der Waals surface area contributed by atoms with Crippen molar-refractivity contribution in [1.29, 1.82) is 0 Å². The number of fused-ring (bicyclic) bond motifs is 1. The van der Waals surface area contributed by atoms with Crippen molar-refractivity contribution in [2.75, 3.05) is 60.8 Å². The van der Waals surface area contributed by atoms with Gasteiger partial charge in [0.2, 0.25) is 5.78 Å². The van der Waals surface area contributed by atoms with E-state index >= 15 is 0 Å². The first-order chi connectivity index (χ1) is 22.4. The summed E-state index contributed by atoms with van der Waals surface area (Å²) in [7, 11) is 4.54. The molecule has 1 fully saturated rings. The molecule has 0 saturated carbocycles. The predicted octanol–water partition coefficient (Wildman–Crippen LogP) is 3.05. The fraction of sp³-hybridized carbons (Fsp3) is 0.343. The highest BCUT2D eigenvalue weighted by Crippen LogP contribution is 2.39. The maximum absolute atomic E-state index is 13.8. The first-order valence-electron chi connectivity index (χ1n) is 15.1. The molecule has 1 aliphatic heterocycles. The van der Waals surface area contributed by atoms with Crippen molar-refractivity contribution in [3.8, 4) is 17.2 Å². The van der Waals surface area contributed by atoms with Crippen LogP contribution in [0.25, 0.3) is 6.08 Å². The summed E-state index contributed by atoms with van der Waals surface area (Å²) in [5.74, 6) is 0.0878. The number of allylic oxidation sites excluding steroid dienone is 1. The summed E-state index contributed by atoms with van der Waals surface area (Å²) in [5.41, 5.74) is 3.76. The highest BCUT2D eigenvalue weighted by Gasteiger charge is 2.31. The van der Waals surface area contributed by atoms with Crippen molar-refractivity contribution in [2.24, 2.45) is 0 Å². The Kier molecular flexibility index (Phi) is 11.0. The second-order valence-electron chi connectivity index (χ2n) is 10.9. The van der Waals surface area contributed by atoms with E-state index < -0.39 is 0 Å². The normalized spacial score (nSPS) is 16.5. The minimum Gasteiger partial charge on any atom is -0.493 e. The molecule has 46 heavy (non-hydrogen) atoms. The van der Waals surface area contributed by atoms with Crippen LogP contribution in [0, 0.1) is 0 Å². The number of carbonyl (C=O) groups excluding carboxylic acids is 3. The van der Waals surface area contributed by atoms with E-state index in [1.165, 1.54) is 14.2 Å². The largest absolute Gasteiger partial charge is 0.493 e. The fourth-order valence-corrected chi connectivity index (χ4v) is 5.50. The van der Waals surface area contributed by atoms with E-state index in [1.54, 1.807) is 43.5 Å². The maximum Gasteiger partial charge on any atom is 0.251 e. The number of benzene rings is 3. The zero-order valence-electron chi connectivity index (χ0n) is 26.2. The molecule has 11 heteroatoms. The third kappa shape index (κ3) is 7.56. The van der Waals surface area contributed by atoms with Crippen LogP contribution in [0.15, 0.2) is 60.7 Å². The zero-order chi connectivity index (χ0) is 32.5. The van der Waals surface area contributed by atoms with Gasteiger partial charge in [-0.3, -0.25) is 14.4 Å². The van der Waals surface area contributed by atoms with Crippen LogP contribution < -0.4 is 30.2 Å². The van der Waals surface area contributed by atoms with Gasteiger partial charge >= 0.3 is 0 Å². The lowest BCUT2D eigenvalue weighted by Gasteiger charge is -2.21. The lowest BCUT2D eigenvalue weighted by atomic mass is 9.99. The van der Waals surface area contributed by atoms with E-state index in [1.807, 2.05) is 18.2 Å². The van der Waals surface area contributed by atoms with Crippen LogP contribution in [0.3, 0.4) is 0 Å². The Morgan fingerprint density at radius 2 is 1.41 bits per heavy atom. The number of hydrogen-bond acceptors (Lipinski definition) is 9. The maximum atomic E-state index is 13.8. The quantitative estimate of drug-likeness (QED) is 0.171. The second-order valence-corrected chi connectivity index (χ2v) is 10.9. The minimum absolute atomic E-state index is 0.180. The van der Waals surface area contributed by atoms with Gasteiger partial charge in [-0.2, -0.15) is 0 Å². The molecule has 3 aromatic carbocycles. The number of carbonyl (C=O) groups is 3. The van der Waals surface area contributed by atoms with Gasteiger partial charge in [0.15, 0.2) is 11.5 Å². The molecule has 242 valence electrons. The van der Waals surface area contributed by atoms with Gasteiger partial charge in [-0.25, -0.2) is 0 Å². The molecule has 1 heterocycles. The molecule has 2 aliphatic rings. The lowest BCUT2D eigenvalue weighted by Crippen LogP contribution is -2.51. The second kappa shape index (κ2) is 15.5. The number of amides is 2. The molecule has 0 aromatic heterocycles. The molecule has 3 N–H and O–H groups in total. The molecular formula is C35H39N3O8. The molecule has 0 unspecified atom stereocenters. The van der Waals surface area contributed by atoms with Crippen LogP contribution in [0.5, 0.6) is 17.2 Å². The Balaban J connectivity index is 1.24. The van der Waals surface area contributed by atoms with Crippen molar-refractivity contribution in [3.05, 3.63) is 94.1 Å². The number of methoxy groups -OCH3 is 3. The van der Waals surface area contributed by atoms with E-state index in [4.69, 9.17) is 23.7 Å². The Hall–Kier alpha value is -4.71. The number of hydrogen-bond donors (Lipinski definition) is 3. The summed E-state index contributed by atoms with van der Waals surface area (Å²) in [5, 5.41) is 9.32. The molecule has 1 aliphatic carbocycles. The molecule has 0 spiro atoms. The van der Waals surface area contributed by atoms with Gasteiger partial charge < -0.3 is 39.6 Å². The van der Waals surface area contributed by atoms with Crippen molar-refractivity contribution >= 4 is 23.7 Å². The lowest BCUT2D eigenvalue weighted by molar-refractivity contribution is 0.0541. The number of ether oxygens (including phenoxy) is 5. The van der Waals surface area contributed by atoms with Crippen molar-refractivity contribution < 1.29 is 38.1 Å². The highest BCUT2D eigenvalue weighted by atomic mass is 16.5. The zero-order valence-corrected chi connectivity index (χ0v) is 26.2. The molecule has 5 rings (SSSR count). The first kappa shape index (κ1) is 32.7. The van der Waals surface area contributed by atoms with E-state index in [0.717, 1.165) is 17.5 Å². The molecule has 0 radical (unpaired) electrons. The Morgan fingerprint density at radius 3 is 2.11 bits per heavy atom. The van der Waals surface area contributed by atoms with Crippen LogP contribution in [0.1, 0.15) is 47.8 Å². The van der Waals surface area contributed by atoms with Crippen molar-refractivity contribution in [3.63, 3.8) is 0 Å². The number of ketones is 1. The van der Waals surface area contributed by atoms with Crippen LogP contribution in [0.4, 0.5) is 0 Å². The summed E-state index contributed by atoms with van der Waals surface area (Å²) >= 11 is 0. The Labute approximate surface area is 268 Å². The molecule has 2 atom stereocenters. The van der Waals surface area contributed by atoms with Gasteiger partial charge in [-0.05, 0) is 53.9 Å². The van der Waals surface area contributed by atoms with E-state index in [2.05, 4.69) is 28.1 Å². The molecule has 0 bridgehead atoms. The molecule has 1 saturated heterocycles. The van der Waals surface area contributed by atoms with Crippen LogP contribution in [0.2, 0.25) is 0 Å². The van der Waals surface area contributed by atoms with E-state index in [-0.39, 0.29) is 47.6 Å². The van der Waals surface area contributed by atoms with Crippen LogP contribution in [-0.4, -0.2) is 90.5 Å². The summed E-state index contributed by atoms with van der Waals surface area (Å²) in [6.45, 7) is 2.45. The summed E-state index contributed by atoms with van der Waals surface area (Å²) in [6, 6.07) is 14.8. The average molecular weight is 630 g/mol. The third-order valence-corrected chi connectivity index (χ3v) is 7.95. The van der Waals surface area contributed by atoms with Gasteiger partial charge in [0.05, 0.1) is 46.1 Å². The van der Waals surface area contributed by atoms with E-state index in [0.29, 0.717) is 61.1 Å². The molecule has 3 aromatic rings. The third-order valence-electron chi connectivity index (χ3n) is 7.95.